The molecule has 0 amide bonds. The zero-order valence-corrected chi connectivity index (χ0v) is 19.1. The summed E-state index contributed by atoms with van der Waals surface area (Å²) in [5, 5.41) is 3.45. The fraction of sp³-hybridized carbons (Fsp3) is 0.346. The first-order valence-electron chi connectivity index (χ1n) is 11.7. The van der Waals surface area contributed by atoms with Gasteiger partial charge in [0.25, 0.3) is 5.56 Å². The summed E-state index contributed by atoms with van der Waals surface area (Å²) in [4.78, 5) is 25.7. The van der Waals surface area contributed by atoms with E-state index in [0.717, 1.165) is 56.4 Å². The molecule has 1 aliphatic rings. The lowest BCUT2D eigenvalue weighted by atomic mass is 10.1. The van der Waals surface area contributed by atoms with Gasteiger partial charge < -0.3 is 10.2 Å². The highest BCUT2D eigenvalue weighted by Gasteiger charge is 2.23. The number of benzene rings is 2. The van der Waals surface area contributed by atoms with Crippen molar-refractivity contribution in [3.8, 4) is 0 Å². The molecule has 0 saturated carbocycles. The maximum Gasteiger partial charge on any atom is 0.279 e. The molecule has 7 nitrogen and oxygen atoms in total. The molecular weight excluding hydrogens is 412 g/mol. The van der Waals surface area contributed by atoms with Crippen molar-refractivity contribution in [2.75, 3.05) is 31.1 Å². The molecule has 2 aromatic carbocycles. The lowest BCUT2D eigenvalue weighted by Crippen LogP contribution is -2.31. The van der Waals surface area contributed by atoms with Gasteiger partial charge in [0.05, 0.1) is 6.54 Å². The van der Waals surface area contributed by atoms with Crippen LogP contribution in [0, 0.1) is 0 Å². The molecule has 0 radical (unpaired) electrons. The second kappa shape index (κ2) is 9.58. The van der Waals surface area contributed by atoms with Gasteiger partial charge in [0.15, 0.2) is 11.2 Å². The molecular formula is C26H30N6O. The van der Waals surface area contributed by atoms with Crippen LogP contribution in [-0.2, 0) is 26.4 Å². The van der Waals surface area contributed by atoms with Crippen LogP contribution < -0.4 is 15.8 Å². The number of imidazole rings is 1. The predicted octanol–water partition coefficient (Wildman–Crippen LogP) is 2.76. The summed E-state index contributed by atoms with van der Waals surface area (Å²) in [6.45, 7) is 4.27. The lowest BCUT2D eigenvalue weighted by Gasteiger charge is -2.22. The van der Waals surface area contributed by atoms with E-state index in [1.165, 1.54) is 5.56 Å². The summed E-state index contributed by atoms with van der Waals surface area (Å²) in [5.41, 5.74) is 3.47. The zero-order chi connectivity index (χ0) is 22.6. The zero-order valence-electron chi connectivity index (χ0n) is 19.1. The summed E-state index contributed by atoms with van der Waals surface area (Å²) in [5.74, 6) is 1.60. The Labute approximate surface area is 193 Å². The van der Waals surface area contributed by atoms with Crippen molar-refractivity contribution in [2.24, 2.45) is 7.05 Å². The second-order valence-corrected chi connectivity index (χ2v) is 8.62. The number of hydrogen-bond donors (Lipinski definition) is 1. The van der Waals surface area contributed by atoms with E-state index in [1.54, 1.807) is 4.57 Å². The highest BCUT2D eigenvalue weighted by molar-refractivity contribution is 5.74. The molecule has 0 atom stereocenters. The third-order valence-electron chi connectivity index (χ3n) is 6.34. The Balaban J connectivity index is 1.58. The Morgan fingerprint density at radius 2 is 1.61 bits per heavy atom. The van der Waals surface area contributed by atoms with E-state index in [2.05, 4.69) is 39.0 Å². The molecule has 1 saturated heterocycles. The third-order valence-corrected chi connectivity index (χ3v) is 6.34. The summed E-state index contributed by atoms with van der Waals surface area (Å²) >= 11 is 0. The van der Waals surface area contributed by atoms with Gasteiger partial charge in [-0.15, -0.1) is 0 Å². The summed E-state index contributed by atoms with van der Waals surface area (Å²) in [6.07, 6.45) is 2.57. The fourth-order valence-electron chi connectivity index (χ4n) is 4.52. The summed E-state index contributed by atoms with van der Waals surface area (Å²) < 4.78 is 3.76. The topological polar surface area (TPSA) is 68.0 Å². The van der Waals surface area contributed by atoms with Crippen molar-refractivity contribution in [1.82, 2.24) is 24.4 Å². The highest BCUT2D eigenvalue weighted by atomic mass is 16.1. The van der Waals surface area contributed by atoms with E-state index in [9.17, 15) is 4.79 Å². The van der Waals surface area contributed by atoms with Gasteiger partial charge in [-0.1, -0.05) is 60.7 Å². The van der Waals surface area contributed by atoms with Gasteiger partial charge >= 0.3 is 0 Å². The molecule has 7 heteroatoms. The number of hydrogen-bond acceptors (Lipinski definition) is 5. The van der Waals surface area contributed by atoms with E-state index in [-0.39, 0.29) is 5.56 Å². The average molecular weight is 443 g/mol. The average Bonchev–Trinajstić information content (AvgIpc) is 3.01. The molecule has 0 aliphatic carbocycles. The maximum atomic E-state index is 13.6. The van der Waals surface area contributed by atoms with E-state index < -0.39 is 0 Å². The molecule has 0 bridgehead atoms. The van der Waals surface area contributed by atoms with Crippen LogP contribution in [0.3, 0.4) is 0 Å². The Morgan fingerprint density at radius 3 is 2.36 bits per heavy atom. The Kier molecular flexibility index (Phi) is 6.21. The predicted molar refractivity (Wildman–Crippen MR) is 132 cm³/mol. The lowest BCUT2D eigenvalue weighted by molar-refractivity contribution is 0.708. The van der Waals surface area contributed by atoms with Gasteiger partial charge in [-0.05, 0) is 30.5 Å². The number of nitrogens with zero attached hydrogens (tertiary/aromatic N) is 5. The molecule has 5 rings (SSSR count). The van der Waals surface area contributed by atoms with Crippen molar-refractivity contribution in [3.63, 3.8) is 0 Å². The molecule has 1 fully saturated rings. The minimum atomic E-state index is -0.0364. The van der Waals surface area contributed by atoms with Crippen LogP contribution in [0.2, 0.25) is 0 Å². The first kappa shape index (κ1) is 21.4. The van der Waals surface area contributed by atoms with Gasteiger partial charge in [0, 0.05) is 33.1 Å². The number of anilines is 1. The molecule has 3 heterocycles. The van der Waals surface area contributed by atoms with Gasteiger partial charge in [-0.3, -0.25) is 13.9 Å². The first-order chi connectivity index (χ1) is 16.2. The monoisotopic (exact) mass is 442 g/mol. The van der Waals surface area contributed by atoms with Crippen molar-refractivity contribution in [1.29, 1.82) is 0 Å². The number of rotatable bonds is 6. The van der Waals surface area contributed by atoms with Gasteiger partial charge in [0.2, 0.25) is 5.95 Å². The second-order valence-electron chi connectivity index (χ2n) is 8.62. The van der Waals surface area contributed by atoms with Crippen LogP contribution in [0.1, 0.15) is 23.4 Å². The summed E-state index contributed by atoms with van der Waals surface area (Å²) in [7, 11) is 1.82. The highest BCUT2D eigenvalue weighted by Crippen LogP contribution is 2.22. The molecule has 33 heavy (non-hydrogen) atoms. The Hall–Kier alpha value is -3.45. The number of nitrogens with one attached hydrogen (secondary N) is 1. The molecule has 4 aromatic rings. The fourth-order valence-corrected chi connectivity index (χ4v) is 4.52. The normalized spacial score (nSPS) is 14.5. The van der Waals surface area contributed by atoms with E-state index in [0.29, 0.717) is 24.1 Å². The van der Waals surface area contributed by atoms with Crippen molar-refractivity contribution < 1.29 is 0 Å². The van der Waals surface area contributed by atoms with Gasteiger partial charge in [0.1, 0.15) is 5.82 Å². The van der Waals surface area contributed by atoms with Gasteiger partial charge in [-0.25, -0.2) is 4.98 Å². The first-order valence-corrected chi connectivity index (χ1v) is 11.7. The quantitative estimate of drug-likeness (QED) is 0.497. The van der Waals surface area contributed by atoms with Crippen LogP contribution in [0.5, 0.6) is 0 Å². The van der Waals surface area contributed by atoms with E-state index in [4.69, 9.17) is 9.97 Å². The van der Waals surface area contributed by atoms with E-state index in [1.807, 2.05) is 43.4 Å². The van der Waals surface area contributed by atoms with Crippen LogP contribution in [0.25, 0.3) is 11.2 Å². The number of fused-ring (bicyclic) bond motifs is 1. The molecule has 2 aromatic heterocycles. The Morgan fingerprint density at radius 1 is 0.879 bits per heavy atom. The summed E-state index contributed by atoms with van der Waals surface area (Å²) in [6, 6.07) is 20.6. The standard InChI is InChI=1S/C26H30N6O/c1-30-22(14-13-20-9-4-2-5-10-20)28-24-23(25(30)33)32(19-21-11-6-3-7-12-21)26(29-24)31-17-8-15-27-16-18-31/h2-7,9-12,27H,8,13-19H2,1H3. The van der Waals surface area contributed by atoms with Crippen LogP contribution in [0.15, 0.2) is 65.5 Å². The van der Waals surface area contributed by atoms with Crippen LogP contribution >= 0.6 is 0 Å². The number of aromatic nitrogens is 4. The van der Waals surface area contributed by atoms with Crippen molar-refractivity contribution in [2.45, 2.75) is 25.8 Å². The maximum absolute atomic E-state index is 13.6. The molecule has 1 N–H and O–H groups in total. The smallest absolute Gasteiger partial charge is 0.279 e. The molecule has 0 unspecified atom stereocenters. The van der Waals surface area contributed by atoms with Crippen molar-refractivity contribution >= 4 is 17.1 Å². The SMILES string of the molecule is Cn1c(CCc2ccccc2)nc2nc(N3CCCNCC3)n(Cc3ccccc3)c2c1=O. The third kappa shape index (κ3) is 4.54. The Bertz CT molecular complexity index is 1270. The minimum absolute atomic E-state index is 0.0364. The van der Waals surface area contributed by atoms with E-state index >= 15 is 0 Å². The largest absolute Gasteiger partial charge is 0.341 e. The van der Waals surface area contributed by atoms with Crippen molar-refractivity contribution in [3.05, 3.63) is 88.0 Å². The van der Waals surface area contributed by atoms with Gasteiger partial charge in [-0.2, -0.15) is 4.98 Å². The van der Waals surface area contributed by atoms with Crippen LogP contribution in [0.4, 0.5) is 5.95 Å². The molecule has 0 spiro atoms. The molecule has 1 aliphatic heterocycles. The van der Waals surface area contributed by atoms with Crippen LogP contribution in [-0.4, -0.2) is 45.3 Å². The minimum Gasteiger partial charge on any atom is -0.341 e. The molecule has 170 valence electrons. The number of aryl methyl sites for hydroxylation is 2.